The summed E-state index contributed by atoms with van der Waals surface area (Å²) in [6, 6.07) is 2.08. The fourth-order valence-corrected chi connectivity index (χ4v) is 4.37. The minimum atomic E-state index is 0.114. The molecule has 1 amide bonds. The monoisotopic (exact) mass is 416 g/mol. The van der Waals surface area contributed by atoms with Crippen molar-refractivity contribution in [3.63, 3.8) is 0 Å². The van der Waals surface area contributed by atoms with Crippen LogP contribution in [0.15, 0.2) is 6.07 Å². The molecule has 3 heteroatoms. The molecule has 1 atom stereocenters. The Balaban J connectivity index is 2.65. The summed E-state index contributed by atoms with van der Waals surface area (Å²) in [5.74, 6) is 0.300. The molecule has 0 aliphatic rings. The van der Waals surface area contributed by atoms with Crippen LogP contribution >= 0.6 is 0 Å². The molecule has 0 bridgehead atoms. The summed E-state index contributed by atoms with van der Waals surface area (Å²) < 4.78 is 0. The zero-order chi connectivity index (χ0) is 22.4. The molecule has 1 rings (SSSR count). The Morgan fingerprint density at radius 2 is 1.27 bits per heavy atom. The SMILES string of the molecule is CCCCCCCCCC(CCCCCCC)C(=O)Nc1c(C)cc(C)c(N)c1C. The highest BCUT2D eigenvalue weighted by Gasteiger charge is 2.20. The predicted octanol–water partition coefficient (Wildman–Crippen LogP) is 8.25. The minimum Gasteiger partial charge on any atom is -0.398 e. The van der Waals surface area contributed by atoms with Crippen LogP contribution in [0, 0.1) is 26.7 Å². The highest BCUT2D eigenvalue weighted by atomic mass is 16.1. The molecule has 3 nitrogen and oxygen atoms in total. The van der Waals surface area contributed by atoms with Crippen molar-refractivity contribution < 1.29 is 4.79 Å². The second-order valence-corrected chi connectivity index (χ2v) is 9.22. The molecule has 0 radical (unpaired) electrons. The average molecular weight is 417 g/mol. The van der Waals surface area contributed by atoms with Crippen LogP contribution in [0.5, 0.6) is 0 Å². The summed E-state index contributed by atoms with van der Waals surface area (Å²) in [5, 5.41) is 3.25. The third-order valence-corrected chi connectivity index (χ3v) is 6.46. The Bertz CT molecular complexity index is 624. The van der Waals surface area contributed by atoms with Crippen LogP contribution in [0.2, 0.25) is 0 Å². The lowest BCUT2D eigenvalue weighted by Crippen LogP contribution is -2.24. The van der Waals surface area contributed by atoms with E-state index in [9.17, 15) is 4.79 Å². The van der Waals surface area contributed by atoms with Crippen molar-refractivity contribution in [2.24, 2.45) is 5.92 Å². The maximum Gasteiger partial charge on any atom is 0.227 e. The fourth-order valence-electron chi connectivity index (χ4n) is 4.37. The van der Waals surface area contributed by atoms with E-state index in [4.69, 9.17) is 5.73 Å². The van der Waals surface area contributed by atoms with Gasteiger partial charge in [-0.1, -0.05) is 97.0 Å². The maximum atomic E-state index is 13.2. The third-order valence-electron chi connectivity index (χ3n) is 6.46. The molecule has 172 valence electrons. The highest BCUT2D eigenvalue weighted by Crippen LogP contribution is 2.30. The number of aryl methyl sites for hydroxylation is 2. The zero-order valence-electron chi connectivity index (χ0n) is 20.5. The standard InChI is InChI=1S/C27H48N2O/c1-6-8-10-12-13-15-17-19-24(18-16-14-11-9-7-2)27(30)29-26-22(4)20-21(3)25(28)23(26)5/h20,24H,6-19,28H2,1-5H3,(H,29,30). The van der Waals surface area contributed by atoms with Crippen LogP contribution in [-0.4, -0.2) is 5.91 Å². The van der Waals surface area contributed by atoms with E-state index < -0.39 is 0 Å². The van der Waals surface area contributed by atoms with Crippen LogP contribution in [0.25, 0.3) is 0 Å². The van der Waals surface area contributed by atoms with E-state index in [1.165, 1.54) is 64.2 Å². The van der Waals surface area contributed by atoms with Crippen LogP contribution < -0.4 is 11.1 Å². The zero-order valence-corrected chi connectivity index (χ0v) is 20.5. The molecule has 0 aromatic heterocycles. The lowest BCUT2D eigenvalue weighted by molar-refractivity contribution is -0.120. The number of nitrogens with one attached hydrogen (secondary N) is 1. The molecule has 0 heterocycles. The van der Waals surface area contributed by atoms with Gasteiger partial charge in [-0.2, -0.15) is 0 Å². The number of amides is 1. The number of hydrogen-bond acceptors (Lipinski definition) is 2. The van der Waals surface area contributed by atoms with E-state index in [1.807, 2.05) is 13.8 Å². The fraction of sp³-hybridized carbons (Fsp3) is 0.741. The number of hydrogen-bond donors (Lipinski definition) is 2. The molecule has 0 saturated heterocycles. The molecular weight excluding hydrogens is 368 g/mol. The van der Waals surface area contributed by atoms with Gasteiger partial charge in [0.05, 0.1) is 0 Å². The number of unbranched alkanes of at least 4 members (excludes halogenated alkanes) is 10. The number of anilines is 2. The normalized spacial score (nSPS) is 12.2. The number of nitrogen functional groups attached to an aromatic ring is 1. The van der Waals surface area contributed by atoms with E-state index in [0.717, 1.165) is 53.7 Å². The lowest BCUT2D eigenvalue weighted by Gasteiger charge is -2.20. The molecule has 30 heavy (non-hydrogen) atoms. The first kappa shape index (κ1) is 26.5. The van der Waals surface area contributed by atoms with Crippen molar-refractivity contribution >= 4 is 17.3 Å². The molecule has 0 spiro atoms. The van der Waals surface area contributed by atoms with E-state index in [-0.39, 0.29) is 11.8 Å². The Morgan fingerprint density at radius 3 is 1.77 bits per heavy atom. The van der Waals surface area contributed by atoms with Gasteiger partial charge in [-0.15, -0.1) is 0 Å². The van der Waals surface area contributed by atoms with E-state index in [0.29, 0.717) is 0 Å². The molecule has 1 unspecified atom stereocenters. The van der Waals surface area contributed by atoms with Gasteiger partial charge in [0.2, 0.25) is 5.91 Å². The molecule has 0 aliphatic heterocycles. The number of benzene rings is 1. The second-order valence-electron chi connectivity index (χ2n) is 9.22. The lowest BCUT2D eigenvalue weighted by atomic mass is 9.92. The summed E-state index contributed by atoms with van der Waals surface area (Å²) in [5.41, 5.74) is 11.1. The van der Waals surface area contributed by atoms with Gasteiger partial charge in [0, 0.05) is 17.3 Å². The van der Waals surface area contributed by atoms with Crippen molar-refractivity contribution in [1.82, 2.24) is 0 Å². The topological polar surface area (TPSA) is 55.1 Å². The van der Waals surface area contributed by atoms with Gasteiger partial charge in [0.1, 0.15) is 0 Å². The van der Waals surface area contributed by atoms with Crippen molar-refractivity contribution in [2.45, 2.75) is 125 Å². The van der Waals surface area contributed by atoms with Gasteiger partial charge >= 0.3 is 0 Å². The summed E-state index contributed by atoms with van der Waals surface area (Å²) in [6.45, 7) is 10.6. The van der Waals surface area contributed by atoms with Gasteiger partial charge in [-0.3, -0.25) is 4.79 Å². The van der Waals surface area contributed by atoms with E-state index >= 15 is 0 Å². The molecule has 0 fully saturated rings. The van der Waals surface area contributed by atoms with Gasteiger partial charge < -0.3 is 11.1 Å². The second kappa shape index (κ2) is 15.3. The molecule has 0 saturated carbocycles. The molecular formula is C27H48N2O. The molecule has 0 aliphatic carbocycles. The predicted molar refractivity (Wildman–Crippen MR) is 133 cm³/mol. The van der Waals surface area contributed by atoms with E-state index in [1.54, 1.807) is 0 Å². The first-order valence-corrected chi connectivity index (χ1v) is 12.6. The van der Waals surface area contributed by atoms with E-state index in [2.05, 4.69) is 32.2 Å². The first-order chi connectivity index (χ1) is 14.4. The van der Waals surface area contributed by atoms with Gasteiger partial charge in [0.25, 0.3) is 0 Å². The van der Waals surface area contributed by atoms with Crippen LogP contribution in [0.3, 0.4) is 0 Å². The smallest absolute Gasteiger partial charge is 0.227 e. The molecule has 1 aromatic carbocycles. The summed E-state index contributed by atoms with van der Waals surface area (Å²) in [7, 11) is 0. The Kier molecular flexibility index (Phi) is 13.5. The highest BCUT2D eigenvalue weighted by molar-refractivity contribution is 5.95. The quantitative estimate of drug-likeness (QED) is 0.210. The van der Waals surface area contributed by atoms with Crippen molar-refractivity contribution in [2.75, 3.05) is 11.1 Å². The number of rotatable bonds is 16. The van der Waals surface area contributed by atoms with Crippen molar-refractivity contribution in [3.05, 3.63) is 22.8 Å². The van der Waals surface area contributed by atoms with Crippen molar-refractivity contribution in [3.8, 4) is 0 Å². The summed E-state index contributed by atoms with van der Waals surface area (Å²) in [4.78, 5) is 13.2. The maximum absolute atomic E-state index is 13.2. The number of nitrogens with two attached hydrogens (primary N) is 1. The first-order valence-electron chi connectivity index (χ1n) is 12.6. The van der Waals surface area contributed by atoms with Gasteiger partial charge in [-0.05, 0) is 50.3 Å². The Morgan fingerprint density at radius 1 is 0.800 bits per heavy atom. The minimum absolute atomic E-state index is 0.114. The molecule has 1 aromatic rings. The largest absolute Gasteiger partial charge is 0.398 e. The number of carbonyl (C=O) groups excluding carboxylic acids is 1. The number of carbonyl (C=O) groups is 1. The Hall–Kier alpha value is -1.51. The average Bonchev–Trinajstić information content (AvgIpc) is 2.72. The van der Waals surface area contributed by atoms with Gasteiger partial charge in [-0.25, -0.2) is 0 Å². The van der Waals surface area contributed by atoms with Crippen molar-refractivity contribution in [1.29, 1.82) is 0 Å². The van der Waals surface area contributed by atoms with Gasteiger partial charge in [0.15, 0.2) is 0 Å². The van der Waals surface area contributed by atoms with Crippen LogP contribution in [-0.2, 0) is 4.79 Å². The molecule has 3 N–H and O–H groups in total. The summed E-state index contributed by atoms with van der Waals surface area (Å²) in [6.07, 6.45) is 17.3. The van der Waals surface area contributed by atoms with Crippen LogP contribution in [0.1, 0.15) is 120 Å². The van der Waals surface area contributed by atoms with Crippen LogP contribution in [0.4, 0.5) is 11.4 Å². The third kappa shape index (κ3) is 9.53. The summed E-state index contributed by atoms with van der Waals surface area (Å²) >= 11 is 0. The Labute approximate surface area is 186 Å².